The fourth-order valence-electron chi connectivity index (χ4n) is 2.42. The van der Waals surface area contributed by atoms with Gasteiger partial charge < -0.3 is 15.0 Å². The van der Waals surface area contributed by atoms with Crippen molar-refractivity contribution in [3.8, 4) is 0 Å². The van der Waals surface area contributed by atoms with E-state index in [0.717, 1.165) is 25.1 Å². The molecule has 4 nitrogen and oxygen atoms in total. The lowest BCUT2D eigenvalue weighted by molar-refractivity contribution is 0.0718. The van der Waals surface area contributed by atoms with Crippen molar-refractivity contribution in [1.29, 1.82) is 0 Å². The molecule has 0 aromatic carbocycles. The normalized spacial score (nSPS) is 24.2. The van der Waals surface area contributed by atoms with Crippen LogP contribution in [-0.2, 0) is 4.74 Å². The molecule has 0 amide bonds. The molecule has 1 aliphatic rings. The van der Waals surface area contributed by atoms with E-state index < -0.39 is 0 Å². The van der Waals surface area contributed by atoms with Crippen LogP contribution in [0.3, 0.4) is 0 Å². The van der Waals surface area contributed by atoms with Crippen molar-refractivity contribution in [3.05, 3.63) is 18.2 Å². The van der Waals surface area contributed by atoms with Crippen LogP contribution in [0.15, 0.2) is 12.5 Å². The number of hydrogen-bond acceptors (Lipinski definition) is 3. The SMILES string of the molecule is CC(C)C(N)c1cncn1C(C)C1CCCO1. The number of ether oxygens (including phenoxy) is 1. The second kappa shape index (κ2) is 5.19. The van der Waals surface area contributed by atoms with Crippen molar-refractivity contribution < 1.29 is 4.74 Å². The van der Waals surface area contributed by atoms with Crippen LogP contribution in [0.1, 0.15) is 51.4 Å². The minimum Gasteiger partial charge on any atom is -0.376 e. The Morgan fingerprint density at radius 1 is 1.47 bits per heavy atom. The third kappa shape index (κ3) is 2.53. The topological polar surface area (TPSA) is 53.1 Å². The third-order valence-corrected chi connectivity index (χ3v) is 3.70. The summed E-state index contributed by atoms with van der Waals surface area (Å²) < 4.78 is 7.93. The molecule has 3 unspecified atom stereocenters. The van der Waals surface area contributed by atoms with Crippen LogP contribution in [0.4, 0.5) is 0 Å². The summed E-state index contributed by atoms with van der Waals surface area (Å²) in [4.78, 5) is 4.25. The van der Waals surface area contributed by atoms with Crippen LogP contribution >= 0.6 is 0 Å². The Labute approximate surface area is 103 Å². The molecule has 2 N–H and O–H groups in total. The number of imidazole rings is 1. The molecule has 1 fully saturated rings. The molecule has 17 heavy (non-hydrogen) atoms. The average molecular weight is 237 g/mol. The molecule has 0 saturated carbocycles. The molecule has 1 saturated heterocycles. The number of nitrogens with two attached hydrogens (primary N) is 1. The summed E-state index contributed by atoms with van der Waals surface area (Å²) in [5, 5.41) is 0. The zero-order valence-electron chi connectivity index (χ0n) is 11.0. The predicted molar refractivity (Wildman–Crippen MR) is 67.7 cm³/mol. The highest BCUT2D eigenvalue weighted by atomic mass is 16.5. The molecule has 0 aliphatic carbocycles. The van der Waals surface area contributed by atoms with E-state index in [0.29, 0.717) is 18.1 Å². The summed E-state index contributed by atoms with van der Waals surface area (Å²) in [7, 11) is 0. The molecule has 0 radical (unpaired) electrons. The lowest BCUT2D eigenvalue weighted by Gasteiger charge is -2.25. The zero-order valence-corrected chi connectivity index (χ0v) is 11.0. The van der Waals surface area contributed by atoms with E-state index in [4.69, 9.17) is 10.5 Å². The Kier molecular flexibility index (Phi) is 3.84. The van der Waals surface area contributed by atoms with Gasteiger partial charge in [0, 0.05) is 18.8 Å². The molecule has 1 aromatic rings. The third-order valence-electron chi connectivity index (χ3n) is 3.70. The van der Waals surface area contributed by atoms with E-state index in [1.54, 1.807) is 0 Å². The maximum Gasteiger partial charge on any atom is 0.0952 e. The molecule has 3 atom stereocenters. The van der Waals surface area contributed by atoms with E-state index in [9.17, 15) is 0 Å². The minimum absolute atomic E-state index is 0.0429. The molecule has 96 valence electrons. The highest BCUT2D eigenvalue weighted by Gasteiger charge is 2.26. The van der Waals surface area contributed by atoms with Crippen molar-refractivity contribution in [3.63, 3.8) is 0 Å². The smallest absolute Gasteiger partial charge is 0.0952 e. The van der Waals surface area contributed by atoms with Crippen molar-refractivity contribution in [2.75, 3.05) is 6.61 Å². The first-order valence-corrected chi connectivity index (χ1v) is 6.50. The fraction of sp³-hybridized carbons (Fsp3) is 0.769. The maximum atomic E-state index is 6.22. The highest BCUT2D eigenvalue weighted by molar-refractivity contribution is 5.07. The van der Waals surface area contributed by atoms with Crippen molar-refractivity contribution >= 4 is 0 Å². The Bertz CT molecular complexity index is 355. The number of rotatable bonds is 4. The van der Waals surface area contributed by atoms with E-state index in [2.05, 4.69) is 30.3 Å². The largest absolute Gasteiger partial charge is 0.376 e. The van der Waals surface area contributed by atoms with Crippen molar-refractivity contribution in [2.24, 2.45) is 11.7 Å². The molecule has 0 bridgehead atoms. The first kappa shape index (κ1) is 12.6. The van der Waals surface area contributed by atoms with Gasteiger partial charge in [0.2, 0.25) is 0 Å². The van der Waals surface area contributed by atoms with Gasteiger partial charge in [0.25, 0.3) is 0 Å². The van der Waals surface area contributed by atoms with Gasteiger partial charge in [-0.3, -0.25) is 0 Å². The fourth-order valence-corrected chi connectivity index (χ4v) is 2.42. The van der Waals surface area contributed by atoms with Crippen LogP contribution in [0.2, 0.25) is 0 Å². The molecular formula is C13H23N3O. The Morgan fingerprint density at radius 2 is 2.24 bits per heavy atom. The zero-order chi connectivity index (χ0) is 12.4. The minimum atomic E-state index is 0.0429. The summed E-state index contributed by atoms with van der Waals surface area (Å²) in [5.41, 5.74) is 7.33. The maximum absolute atomic E-state index is 6.22. The van der Waals surface area contributed by atoms with E-state index in [1.165, 1.54) is 0 Å². The summed E-state index contributed by atoms with van der Waals surface area (Å²) >= 11 is 0. The van der Waals surface area contributed by atoms with Crippen molar-refractivity contribution in [2.45, 2.75) is 51.8 Å². The van der Waals surface area contributed by atoms with Gasteiger partial charge in [-0.25, -0.2) is 4.98 Å². The summed E-state index contributed by atoms with van der Waals surface area (Å²) in [6, 6.07) is 0.362. The monoisotopic (exact) mass is 237 g/mol. The summed E-state index contributed by atoms with van der Waals surface area (Å²) in [6.45, 7) is 7.35. The number of nitrogens with zero attached hydrogens (tertiary/aromatic N) is 2. The molecule has 1 aliphatic heterocycles. The van der Waals surface area contributed by atoms with Gasteiger partial charge in [0.05, 0.1) is 24.2 Å². The quantitative estimate of drug-likeness (QED) is 0.874. The second-order valence-corrected chi connectivity index (χ2v) is 5.29. The number of hydrogen-bond donors (Lipinski definition) is 1. The van der Waals surface area contributed by atoms with Crippen LogP contribution in [-0.4, -0.2) is 22.3 Å². The molecule has 4 heteroatoms. The lowest BCUT2D eigenvalue weighted by atomic mass is 10.0. The van der Waals surface area contributed by atoms with Gasteiger partial charge in [0.1, 0.15) is 0 Å². The molecule has 1 aromatic heterocycles. The van der Waals surface area contributed by atoms with E-state index in [-0.39, 0.29) is 6.04 Å². The summed E-state index contributed by atoms with van der Waals surface area (Å²) in [6.07, 6.45) is 6.37. The van der Waals surface area contributed by atoms with Gasteiger partial charge in [-0.05, 0) is 25.7 Å². The molecular weight excluding hydrogens is 214 g/mol. The van der Waals surface area contributed by atoms with Crippen LogP contribution in [0, 0.1) is 5.92 Å². The first-order chi connectivity index (χ1) is 8.11. The second-order valence-electron chi connectivity index (χ2n) is 5.29. The molecule has 2 rings (SSSR count). The number of aromatic nitrogens is 2. The standard InChI is InChI=1S/C13H23N3O/c1-9(2)13(14)11-7-15-8-16(11)10(3)12-5-4-6-17-12/h7-10,12-13H,4-6,14H2,1-3H3. The Morgan fingerprint density at radius 3 is 2.82 bits per heavy atom. The van der Waals surface area contributed by atoms with Gasteiger partial charge >= 0.3 is 0 Å². The van der Waals surface area contributed by atoms with Gasteiger partial charge in [-0.1, -0.05) is 13.8 Å². The van der Waals surface area contributed by atoms with Gasteiger partial charge in [-0.15, -0.1) is 0 Å². The lowest BCUT2D eigenvalue weighted by Crippen LogP contribution is -2.26. The molecule has 2 heterocycles. The van der Waals surface area contributed by atoms with Crippen LogP contribution in [0.5, 0.6) is 0 Å². The first-order valence-electron chi connectivity index (χ1n) is 6.50. The Balaban J connectivity index is 2.17. The van der Waals surface area contributed by atoms with Crippen LogP contribution < -0.4 is 5.73 Å². The highest BCUT2D eigenvalue weighted by Crippen LogP contribution is 2.28. The average Bonchev–Trinajstić information content (AvgIpc) is 2.97. The molecule has 0 spiro atoms. The van der Waals surface area contributed by atoms with Crippen LogP contribution in [0.25, 0.3) is 0 Å². The van der Waals surface area contributed by atoms with Gasteiger partial charge in [0.15, 0.2) is 0 Å². The van der Waals surface area contributed by atoms with Gasteiger partial charge in [-0.2, -0.15) is 0 Å². The predicted octanol–water partition coefficient (Wildman–Crippen LogP) is 2.28. The van der Waals surface area contributed by atoms with Crippen molar-refractivity contribution in [1.82, 2.24) is 9.55 Å². The summed E-state index contributed by atoms with van der Waals surface area (Å²) in [5.74, 6) is 0.419. The Hall–Kier alpha value is -0.870. The van der Waals surface area contributed by atoms with E-state index >= 15 is 0 Å². The van der Waals surface area contributed by atoms with E-state index in [1.807, 2.05) is 12.5 Å².